The number of nitrogens with one attached hydrogen (secondary N) is 1. The van der Waals surface area contributed by atoms with E-state index in [0.717, 1.165) is 5.01 Å². The van der Waals surface area contributed by atoms with Crippen LogP contribution in [0.5, 0.6) is 0 Å². The lowest BCUT2D eigenvalue weighted by Gasteiger charge is -2.09. The second-order valence-corrected chi connectivity index (χ2v) is 5.34. The number of aryl methyl sites for hydroxylation is 2. The zero-order chi connectivity index (χ0) is 14.7. The SMILES string of the molecule is Cc1nc(C)c(C(=O)Nc2ccccc2/C(N)=N/O)s1. The Morgan fingerprint density at radius 1 is 1.40 bits per heavy atom. The molecule has 1 aromatic carbocycles. The maximum absolute atomic E-state index is 12.2. The third kappa shape index (κ3) is 2.77. The zero-order valence-electron chi connectivity index (χ0n) is 11.0. The minimum Gasteiger partial charge on any atom is -0.409 e. The summed E-state index contributed by atoms with van der Waals surface area (Å²) in [4.78, 5) is 17.0. The molecule has 1 heterocycles. The number of amides is 1. The maximum Gasteiger partial charge on any atom is 0.267 e. The van der Waals surface area contributed by atoms with Gasteiger partial charge in [0.15, 0.2) is 5.84 Å². The third-order valence-electron chi connectivity index (χ3n) is 2.67. The van der Waals surface area contributed by atoms with Crippen molar-refractivity contribution < 1.29 is 10.0 Å². The molecule has 4 N–H and O–H groups in total. The number of oxime groups is 1. The number of amidine groups is 1. The molecule has 0 atom stereocenters. The number of para-hydroxylation sites is 1. The van der Waals surface area contributed by atoms with Gasteiger partial charge in [-0.15, -0.1) is 11.3 Å². The molecule has 7 heteroatoms. The van der Waals surface area contributed by atoms with E-state index in [1.807, 2.05) is 6.92 Å². The summed E-state index contributed by atoms with van der Waals surface area (Å²) in [6.45, 7) is 3.63. The van der Waals surface area contributed by atoms with Gasteiger partial charge in [-0.05, 0) is 26.0 Å². The van der Waals surface area contributed by atoms with Crippen LogP contribution in [-0.2, 0) is 0 Å². The number of aromatic nitrogens is 1. The third-order valence-corrected chi connectivity index (χ3v) is 3.74. The van der Waals surface area contributed by atoms with Gasteiger partial charge in [0.05, 0.1) is 16.4 Å². The molecule has 2 rings (SSSR count). The summed E-state index contributed by atoms with van der Waals surface area (Å²) in [5, 5.41) is 15.3. The Bertz CT molecular complexity index is 679. The summed E-state index contributed by atoms with van der Waals surface area (Å²) in [5.74, 6) is -0.315. The molecule has 0 saturated heterocycles. The Labute approximate surface area is 120 Å². The first-order valence-electron chi connectivity index (χ1n) is 5.85. The first-order chi connectivity index (χ1) is 9.52. The quantitative estimate of drug-likeness (QED) is 0.349. The standard InChI is InChI=1S/C13H14N4O2S/c1-7-11(20-8(2)15-7)13(18)16-10-6-4-3-5-9(10)12(14)17-19/h3-6,19H,1-2H3,(H2,14,17)(H,16,18). The molecule has 0 unspecified atom stereocenters. The molecule has 104 valence electrons. The van der Waals surface area contributed by atoms with Crippen molar-refractivity contribution in [1.29, 1.82) is 0 Å². The number of anilines is 1. The molecule has 0 aliphatic rings. The van der Waals surface area contributed by atoms with E-state index in [0.29, 0.717) is 21.8 Å². The minimum atomic E-state index is -0.258. The fourth-order valence-electron chi connectivity index (χ4n) is 1.79. The molecule has 6 nitrogen and oxygen atoms in total. The highest BCUT2D eigenvalue weighted by Gasteiger charge is 2.16. The summed E-state index contributed by atoms with van der Waals surface area (Å²) in [6, 6.07) is 6.85. The summed E-state index contributed by atoms with van der Waals surface area (Å²) in [5.41, 5.74) is 7.21. The number of hydrogen-bond acceptors (Lipinski definition) is 5. The lowest BCUT2D eigenvalue weighted by Crippen LogP contribution is -2.19. The van der Waals surface area contributed by atoms with Crippen LogP contribution in [-0.4, -0.2) is 21.9 Å². The van der Waals surface area contributed by atoms with E-state index in [1.54, 1.807) is 31.2 Å². The van der Waals surface area contributed by atoms with E-state index in [1.165, 1.54) is 11.3 Å². The van der Waals surface area contributed by atoms with Gasteiger partial charge in [-0.25, -0.2) is 4.98 Å². The summed E-state index contributed by atoms with van der Waals surface area (Å²) in [7, 11) is 0. The molecule has 1 aromatic heterocycles. The molecule has 0 aliphatic heterocycles. The van der Waals surface area contributed by atoms with E-state index in [2.05, 4.69) is 15.5 Å². The Kier molecular flexibility index (Phi) is 3.99. The smallest absolute Gasteiger partial charge is 0.267 e. The summed E-state index contributed by atoms with van der Waals surface area (Å²) in [6.07, 6.45) is 0. The van der Waals surface area contributed by atoms with Gasteiger partial charge in [-0.3, -0.25) is 4.79 Å². The molecule has 1 amide bonds. The number of nitrogens with zero attached hydrogens (tertiary/aromatic N) is 2. The van der Waals surface area contributed by atoms with Crippen molar-refractivity contribution in [2.45, 2.75) is 13.8 Å². The minimum absolute atomic E-state index is 0.0573. The normalized spacial score (nSPS) is 11.4. The summed E-state index contributed by atoms with van der Waals surface area (Å²) >= 11 is 1.33. The Hall–Kier alpha value is -2.41. The number of carbonyl (C=O) groups excluding carboxylic acids is 1. The monoisotopic (exact) mass is 290 g/mol. The first kappa shape index (κ1) is 14.0. The van der Waals surface area contributed by atoms with Crippen molar-refractivity contribution in [3.05, 3.63) is 45.4 Å². The molecule has 2 aromatic rings. The Morgan fingerprint density at radius 2 is 2.10 bits per heavy atom. The highest BCUT2D eigenvalue weighted by molar-refractivity contribution is 7.13. The van der Waals surface area contributed by atoms with Crippen molar-refractivity contribution >= 4 is 28.8 Å². The fourth-order valence-corrected chi connectivity index (χ4v) is 2.61. The lowest BCUT2D eigenvalue weighted by molar-refractivity contribution is 0.103. The average molecular weight is 290 g/mol. The van der Waals surface area contributed by atoms with Gasteiger partial charge in [0.1, 0.15) is 4.88 Å². The number of hydrogen-bond donors (Lipinski definition) is 3. The van der Waals surface area contributed by atoms with Crippen LogP contribution in [0.1, 0.15) is 25.9 Å². The van der Waals surface area contributed by atoms with E-state index >= 15 is 0 Å². The number of nitrogens with two attached hydrogens (primary N) is 1. The molecular weight excluding hydrogens is 276 g/mol. The molecule has 0 fully saturated rings. The predicted molar refractivity (Wildman–Crippen MR) is 78.5 cm³/mol. The molecule has 0 saturated carbocycles. The molecule has 0 aliphatic carbocycles. The van der Waals surface area contributed by atoms with E-state index < -0.39 is 0 Å². The van der Waals surface area contributed by atoms with Crippen molar-refractivity contribution in [1.82, 2.24) is 4.98 Å². The van der Waals surface area contributed by atoms with Crippen LogP contribution in [0.15, 0.2) is 29.4 Å². The lowest BCUT2D eigenvalue weighted by atomic mass is 10.1. The van der Waals surface area contributed by atoms with Crippen LogP contribution >= 0.6 is 11.3 Å². The predicted octanol–water partition coefficient (Wildman–Crippen LogP) is 2.11. The van der Waals surface area contributed by atoms with E-state index in [-0.39, 0.29) is 11.7 Å². The fraction of sp³-hybridized carbons (Fsp3) is 0.154. The largest absolute Gasteiger partial charge is 0.409 e. The van der Waals surface area contributed by atoms with Crippen molar-refractivity contribution in [3.8, 4) is 0 Å². The average Bonchev–Trinajstić information content (AvgIpc) is 2.77. The topological polar surface area (TPSA) is 101 Å². The van der Waals surface area contributed by atoms with Crippen LogP contribution in [0.2, 0.25) is 0 Å². The molecule has 0 spiro atoms. The highest BCUT2D eigenvalue weighted by Crippen LogP contribution is 2.21. The Morgan fingerprint density at radius 3 is 2.70 bits per heavy atom. The molecule has 0 bridgehead atoms. The van der Waals surface area contributed by atoms with Crippen molar-refractivity contribution in [2.24, 2.45) is 10.9 Å². The van der Waals surface area contributed by atoms with E-state index in [4.69, 9.17) is 10.9 Å². The summed E-state index contributed by atoms with van der Waals surface area (Å²) < 4.78 is 0. The second-order valence-electron chi connectivity index (χ2n) is 4.13. The maximum atomic E-state index is 12.2. The molecule has 0 radical (unpaired) electrons. The van der Waals surface area contributed by atoms with Gasteiger partial charge in [0, 0.05) is 5.56 Å². The van der Waals surface area contributed by atoms with Gasteiger partial charge in [0.25, 0.3) is 5.91 Å². The van der Waals surface area contributed by atoms with Gasteiger partial charge in [0.2, 0.25) is 0 Å². The molecular formula is C13H14N4O2S. The van der Waals surface area contributed by atoms with E-state index in [9.17, 15) is 4.79 Å². The number of rotatable bonds is 3. The number of carbonyl (C=O) groups is 1. The van der Waals surface area contributed by atoms with Crippen LogP contribution in [0.3, 0.4) is 0 Å². The first-order valence-corrected chi connectivity index (χ1v) is 6.67. The highest BCUT2D eigenvalue weighted by atomic mass is 32.1. The van der Waals surface area contributed by atoms with Gasteiger partial charge < -0.3 is 16.3 Å². The molecule has 20 heavy (non-hydrogen) atoms. The van der Waals surface area contributed by atoms with Gasteiger partial charge in [-0.1, -0.05) is 17.3 Å². The Balaban J connectivity index is 2.31. The van der Waals surface area contributed by atoms with Gasteiger partial charge in [-0.2, -0.15) is 0 Å². The van der Waals surface area contributed by atoms with Crippen molar-refractivity contribution in [3.63, 3.8) is 0 Å². The number of benzene rings is 1. The van der Waals surface area contributed by atoms with Crippen LogP contribution < -0.4 is 11.1 Å². The van der Waals surface area contributed by atoms with Crippen LogP contribution in [0.4, 0.5) is 5.69 Å². The van der Waals surface area contributed by atoms with Crippen LogP contribution in [0, 0.1) is 13.8 Å². The number of thiazole rings is 1. The van der Waals surface area contributed by atoms with Crippen molar-refractivity contribution in [2.75, 3.05) is 5.32 Å². The van der Waals surface area contributed by atoms with Crippen LogP contribution in [0.25, 0.3) is 0 Å². The second kappa shape index (κ2) is 5.70. The van der Waals surface area contributed by atoms with Gasteiger partial charge >= 0.3 is 0 Å². The zero-order valence-corrected chi connectivity index (χ0v) is 11.9.